The predicted octanol–water partition coefficient (Wildman–Crippen LogP) is 2.08. The van der Waals surface area contributed by atoms with E-state index in [1.54, 1.807) is 33.4 Å². The van der Waals surface area contributed by atoms with Crippen LogP contribution in [-0.4, -0.2) is 61.0 Å². The highest BCUT2D eigenvalue weighted by molar-refractivity contribution is 7.13. The number of benzene rings is 1. The topological polar surface area (TPSA) is 82.8 Å². The molecule has 25 heavy (non-hydrogen) atoms. The number of anilines is 2. The summed E-state index contributed by atoms with van der Waals surface area (Å²) < 4.78 is 0. The fourth-order valence-electron chi connectivity index (χ4n) is 2.84. The third-order valence-corrected chi connectivity index (χ3v) is 4.99. The van der Waals surface area contributed by atoms with Gasteiger partial charge < -0.3 is 14.7 Å². The summed E-state index contributed by atoms with van der Waals surface area (Å²) in [5, 5.41) is 13.9. The van der Waals surface area contributed by atoms with Gasteiger partial charge in [-0.1, -0.05) is 0 Å². The fourth-order valence-corrected chi connectivity index (χ4v) is 3.54. The lowest BCUT2D eigenvalue weighted by Gasteiger charge is -2.35. The summed E-state index contributed by atoms with van der Waals surface area (Å²) in [5.41, 5.74) is 0.968. The van der Waals surface area contributed by atoms with Gasteiger partial charge in [-0.2, -0.15) is 0 Å². The van der Waals surface area contributed by atoms with E-state index in [0.29, 0.717) is 37.4 Å². The first-order valence-corrected chi connectivity index (χ1v) is 8.75. The molecule has 1 saturated heterocycles. The molecule has 3 rings (SSSR count). The van der Waals surface area contributed by atoms with Gasteiger partial charge in [0.15, 0.2) is 5.13 Å². The molecule has 0 unspecified atom stereocenters. The van der Waals surface area contributed by atoms with Crippen LogP contribution in [0.2, 0.25) is 0 Å². The van der Waals surface area contributed by atoms with Crippen LogP contribution in [0.25, 0.3) is 0 Å². The maximum absolute atomic E-state index is 12.9. The minimum absolute atomic E-state index is 0.0737. The number of nitro benzene ring substituents is 1. The molecule has 1 aliphatic heterocycles. The molecule has 0 aliphatic carbocycles. The van der Waals surface area contributed by atoms with Crippen molar-refractivity contribution in [3.8, 4) is 0 Å². The number of carbonyl (C=O) groups excluding carboxylic acids is 1. The zero-order valence-electron chi connectivity index (χ0n) is 14.1. The molecule has 0 saturated carbocycles. The highest BCUT2D eigenvalue weighted by Crippen LogP contribution is 2.26. The number of hydrogen-bond acceptors (Lipinski definition) is 7. The van der Waals surface area contributed by atoms with Crippen molar-refractivity contribution in [3.05, 3.63) is 45.5 Å². The summed E-state index contributed by atoms with van der Waals surface area (Å²) in [7, 11) is 3.64. The molecule has 0 N–H and O–H groups in total. The van der Waals surface area contributed by atoms with Crippen LogP contribution in [0.3, 0.4) is 0 Å². The number of thiazole rings is 1. The zero-order valence-corrected chi connectivity index (χ0v) is 14.9. The van der Waals surface area contributed by atoms with Crippen LogP contribution in [0, 0.1) is 10.1 Å². The van der Waals surface area contributed by atoms with Crippen LogP contribution in [-0.2, 0) is 0 Å². The second kappa shape index (κ2) is 7.06. The van der Waals surface area contributed by atoms with E-state index in [9.17, 15) is 14.9 Å². The zero-order chi connectivity index (χ0) is 18.0. The summed E-state index contributed by atoms with van der Waals surface area (Å²) in [6.07, 6.45) is 1.77. The smallest absolute Gasteiger partial charge is 0.270 e. The molecular formula is C16H19N5O3S. The Balaban J connectivity index is 1.79. The van der Waals surface area contributed by atoms with E-state index in [2.05, 4.69) is 9.88 Å². The summed E-state index contributed by atoms with van der Waals surface area (Å²) in [4.78, 5) is 33.5. The maximum atomic E-state index is 12.9. The lowest BCUT2D eigenvalue weighted by atomic mass is 10.1. The molecule has 0 spiro atoms. The van der Waals surface area contributed by atoms with Crippen molar-refractivity contribution in [2.24, 2.45) is 0 Å². The van der Waals surface area contributed by atoms with Crippen molar-refractivity contribution in [2.75, 3.05) is 50.1 Å². The molecule has 0 atom stereocenters. The van der Waals surface area contributed by atoms with Crippen LogP contribution in [0.15, 0.2) is 29.8 Å². The molecule has 0 radical (unpaired) electrons. The molecule has 1 aliphatic rings. The lowest BCUT2D eigenvalue weighted by Crippen LogP contribution is -2.49. The third kappa shape index (κ3) is 3.55. The second-order valence-corrected chi connectivity index (χ2v) is 6.82. The standard InChI is InChI=1S/C16H19N5O3S/c1-18(2)14-4-3-12(21(23)24)11-13(14)15(22)19-6-8-20(9-7-19)16-17-5-10-25-16/h3-5,10-11H,6-9H2,1-2H3. The molecular weight excluding hydrogens is 342 g/mol. The van der Waals surface area contributed by atoms with E-state index >= 15 is 0 Å². The molecule has 1 aromatic carbocycles. The third-order valence-electron chi connectivity index (χ3n) is 4.16. The number of nitrogens with zero attached hydrogens (tertiary/aromatic N) is 5. The number of hydrogen-bond donors (Lipinski definition) is 0. The average Bonchev–Trinajstić information content (AvgIpc) is 3.15. The van der Waals surface area contributed by atoms with Crippen molar-refractivity contribution in [1.29, 1.82) is 0 Å². The molecule has 2 heterocycles. The van der Waals surface area contributed by atoms with E-state index in [0.717, 1.165) is 5.13 Å². The van der Waals surface area contributed by atoms with E-state index in [1.807, 2.05) is 19.5 Å². The van der Waals surface area contributed by atoms with Gasteiger partial charge in [-0.05, 0) is 6.07 Å². The molecule has 8 nitrogen and oxygen atoms in total. The van der Waals surface area contributed by atoms with Crippen molar-refractivity contribution < 1.29 is 9.72 Å². The van der Waals surface area contributed by atoms with Crippen molar-refractivity contribution in [1.82, 2.24) is 9.88 Å². The van der Waals surface area contributed by atoms with Crippen LogP contribution in [0.5, 0.6) is 0 Å². The van der Waals surface area contributed by atoms with Gasteiger partial charge >= 0.3 is 0 Å². The normalized spacial score (nSPS) is 14.5. The summed E-state index contributed by atoms with van der Waals surface area (Å²) in [6, 6.07) is 4.41. The van der Waals surface area contributed by atoms with Gasteiger partial charge in [0.2, 0.25) is 0 Å². The molecule has 1 fully saturated rings. The summed E-state index contributed by atoms with van der Waals surface area (Å²) in [5.74, 6) is -0.175. The largest absolute Gasteiger partial charge is 0.377 e. The Morgan fingerprint density at radius 2 is 2.00 bits per heavy atom. The van der Waals surface area contributed by atoms with Crippen molar-refractivity contribution in [2.45, 2.75) is 0 Å². The van der Waals surface area contributed by atoms with Crippen LogP contribution in [0.4, 0.5) is 16.5 Å². The Kier molecular flexibility index (Phi) is 4.84. The van der Waals surface area contributed by atoms with Gasteiger partial charge in [0.1, 0.15) is 0 Å². The van der Waals surface area contributed by atoms with E-state index < -0.39 is 4.92 Å². The van der Waals surface area contributed by atoms with Gasteiger partial charge in [0.25, 0.3) is 11.6 Å². The Hall–Kier alpha value is -2.68. The Labute approximate surface area is 149 Å². The fraction of sp³-hybridized carbons (Fsp3) is 0.375. The maximum Gasteiger partial charge on any atom is 0.270 e. The minimum Gasteiger partial charge on any atom is -0.377 e. The second-order valence-electron chi connectivity index (χ2n) is 5.95. The number of non-ortho nitro benzene ring substituents is 1. The molecule has 0 bridgehead atoms. The first kappa shape index (κ1) is 17.2. The Morgan fingerprint density at radius 3 is 2.56 bits per heavy atom. The molecule has 9 heteroatoms. The van der Waals surface area contributed by atoms with Gasteiger partial charge in [-0.15, -0.1) is 11.3 Å². The van der Waals surface area contributed by atoms with Crippen LogP contribution in [0.1, 0.15) is 10.4 Å². The Morgan fingerprint density at radius 1 is 1.28 bits per heavy atom. The van der Waals surface area contributed by atoms with Gasteiger partial charge in [0.05, 0.1) is 10.5 Å². The van der Waals surface area contributed by atoms with Crippen molar-refractivity contribution >= 4 is 33.8 Å². The molecule has 2 aromatic rings. The van der Waals surface area contributed by atoms with E-state index in [4.69, 9.17) is 0 Å². The number of piperazine rings is 1. The number of rotatable bonds is 4. The van der Waals surface area contributed by atoms with Gasteiger partial charge in [-0.25, -0.2) is 4.98 Å². The van der Waals surface area contributed by atoms with Crippen molar-refractivity contribution in [3.63, 3.8) is 0 Å². The first-order chi connectivity index (χ1) is 12.0. The van der Waals surface area contributed by atoms with E-state index in [-0.39, 0.29) is 11.6 Å². The Bertz CT molecular complexity index is 770. The minimum atomic E-state index is -0.476. The predicted molar refractivity (Wildman–Crippen MR) is 97.7 cm³/mol. The number of aromatic nitrogens is 1. The monoisotopic (exact) mass is 361 g/mol. The number of nitro groups is 1. The first-order valence-electron chi connectivity index (χ1n) is 7.87. The molecule has 132 valence electrons. The van der Waals surface area contributed by atoms with Gasteiger partial charge in [0, 0.05) is 69.7 Å². The molecule has 1 aromatic heterocycles. The number of amides is 1. The average molecular weight is 361 g/mol. The van der Waals surface area contributed by atoms with E-state index in [1.165, 1.54) is 12.1 Å². The van der Waals surface area contributed by atoms with Gasteiger partial charge in [-0.3, -0.25) is 14.9 Å². The quantitative estimate of drug-likeness (QED) is 0.612. The van der Waals surface area contributed by atoms with Crippen LogP contribution >= 0.6 is 11.3 Å². The number of carbonyl (C=O) groups is 1. The highest BCUT2D eigenvalue weighted by Gasteiger charge is 2.26. The summed E-state index contributed by atoms with van der Waals surface area (Å²) >= 11 is 1.58. The SMILES string of the molecule is CN(C)c1ccc([N+](=O)[O-])cc1C(=O)N1CCN(c2nccs2)CC1. The van der Waals surface area contributed by atoms with Crippen LogP contribution < -0.4 is 9.80 Å². The molecule has 1 amide bonds. The summed E-state index contributed by atoms with van der Waals surface area (Å²) in [6.45, 7) is 2.53. The lowest BCUT2D eigenvalue weighted by molar-refractivity contribution is -0.384. The highest BCUT2D eigenvalue weighted by atomic mass is 32.1.